The molecular weight excluding hydrogens is 370 g/mol. The number of likely N-dealkylation sites (tertiary alicyclic amines) is 1. The van der Waals surface area contributed by atoms with E-state index < -0.39 is 0 Å². The number of rotatable bonds is 5. The first-order chi connectivity index (χ1) is 13.7. The van der Waals surface area contributed by atoms with Gasteiger partial charge >= 0.3 is 0 Å². The summed E-state index contributed by atoms with van der Waals surface area (Å²) in [6.07, 6.45) is 2.25. The molecule has 0 unspecified atom stereocenters. The fourth-order valence-electron chi connectivity index (χ4n) is 4.26. The molecule has 3 heterocycles. The van der Waals surface area contributed by atoms with Crippen molar-refractivity contribution >= 4 is 23.2 Å². The van der Waals surface area contributed by atoms with Crippen molar-refractivity contribution in [1.82, 2.24) is 15.1 Å². The molecule has 0 aliphatic carbocycles. The predicted molar refractivity (Wildman–Crippen MR) is 111 cm³/mol. The Morgan fingerprint density at radius 1 is 1.07 bits per heavy atom. The summed E-state index contributed by atoms with van der Waals surface area (Å²) in [6, 6.07) is 14.3. The number of carbonyl (C=O) groups excluding carboxylic acids is 2. The minimum Gasteiger partial charge on any atom is -0.353 e. The van der Waals surface area contributed by atoms with Crippen LogP contribution in [0.2, 0.25) is 0 Å². The minimum atomic E-state index is -0.366. The van der Waals surface area contributed by atoms with Crippen LogP contribution >= 0.6 is 11.3 Å². The Labute approximate surface area is 170 Å². The number of nitrogens with zero attached hydrogens (tertiary/aromatic N) is 2. The lowest BCUT2D eigenvalue weighted by atomic mass is 9.89. The van der Waals surface area contributed by atoms with E-state index in [1.807, 2.05) is 17.0 Å². The van der Waals surface area contributed by atoms with Gasteiger partial charge in [0.25, 0.3) is 0 Å². The van der Waals surface area contributed by atoms with Gasteiger partial charge in [-0.2, -0.15) is 0 Å². The molecule has 1 atom stereocenters. The van der Waals surface area contributed by atoms with Gasteiger partial charge in [0.15, 0.2) is 0 Å². The van der Waals surface area contributed by atoms with E-state index in [0.29, 0.717) is 12.5 Å². The first-order valence-electron chi connectivity index (χ1n) is 10.1. The van der Waals surface area contributed by atoms with Crippen molar-refractivity contribution < 1.29 is 9.59 Å². The van der Waals surface area contributed by atoms with E-state index in [0.717, 1.165) is 39.0 Å². The number of hydrogen-bond donors (Lipinski definition) is 1. The van der Waals surface area contributed by atoms with Crippen LogP contribution in [0, 0.1) is 0 Å². The molecule has 0 bridgehead atoms. The van der Waals surface area contributed by atoms with Crippen molar-refractivity contribution in [1.29, 1.82) is 0 Å². The zero-order valence-electron chi connectivity index (χ0n) is 16.0. The highest BCUT2D eigenvalue weighted by Crippen LogP contribution is 2.28. The molecule has 5 nitrogen and oxygen atoms in total. The number of piperidine rings is 1. The van der Waals surface area contributed by atoms with Crippen LogP contribution in [0.4, 0.5) is 0 Å². The summed E-state index contributed by atoms with van der Waals surface area (Å²) in [5, 5.41) is 4.98. The molecule has 0 spiro atoms. The zero-order valence-corrected chi connectivity index (χ0v) is 16.9. The topological polar surface area (TPSA) is 52.7 Å². The highest BCUT2D eigenvalue weighted by Gasteiger charge is 2.34. The fraction of sp³-hybridized carbons (Fsp3) is 0.455. The van der Waals surface area contributed by atoms with Crippen molar-refractivity contribution in [3.63, 3.8) is 0 Å². The highest BCUT2D eigenvalue weighted by molar-refractivity contribution is 7.09. The Morgan fingerprint density at radius 3 is 2.57 bits per heavy atom. The van der Waals surface area contributed by atoms with Crippen LogP contribution in [-0.2, 0) is 16.1 Å². The quantitative estimate of drug-likeness (QED) is 0.844. The molecule has 2 saturated heterocycles. The van der Waals surface area contributed by atoms with Gasteiger partial charge in [-0.3, -0.25) is 14.5 Å². The van der Waals surface area contributed by atoms with Crippen LogP contribution in [0.5, 0.6) is 0 Å². The van der Waals surface area contributed by atoms with Crippen molar-refractivity contribution in [3.05, 3.63) is 58.3 Å². The van der Waals surface area contributed by atoms with Crippen molar-refractivity contribution in [2.75, 3.05) is 26.2 Å². The molecule has 0 radical (unpaired) electrons. The minimum absolute atomic E-state index is 0.0182. The van der Waals surface area contributed by atoms with Gasteiger partial charge in [0.05, 0.1) is 12.5 Å². The second kappa shape index (κ2) is 8.88. The Balaban J connectivity index is 1.34. The largest absolute Gasteiger partial charge is 0.353 e. The lowest BCUT2D eigenvalue weighted by Crippen LogP contribution is -2.56. The Bertz CT molecular complexity index is 785. The standard InChI is InChI=1S/C22H27N3O2S/c26-21(24-11-8-18(9-12-24)17-5-2-1-3-6-17)15-20-22(27)23-10-13-25(20)16-19-7-4-14-28-19/h1-7,14,18,20H,8-13,15-16H2,(H,23,27)/t20-/m1/s1. The lowest BCUT2D eigenvalue weighted by Gasteiger charge is -2.37. The van der Waals surface area contributed by atoms with Gasteiger partial charge < -0.3 is 10.2 Å². The van der Waals surface area contributed by atoms with Gasteiger partial charge in [-0.25, -0.2) is 0 Å². The van der Waals surface area contributed by atoms with Gasteiger partial charge in [0.1, 0.15) is 0 Å². The van der Waals surface area contributed by atoms with Crippen LogP contribution in [0.1, 0.15) is 35.6 Å². The van der Waals surface area contributed by atoms with Gasteiger partial charge in [-0.1, -0.05) is 36.4 Å². The van der Waals surface area contributed by atoms with E-state index >= 15 is 0 Å². The second-order valence-electron chi connectivity index (χ2n) is 7.63. The van der Waals surface area contributed by atoms with Crippen molar-refractivity contribution in [2.24, 2.45) is 0 Å². The monoisotopic (exact) mass is 397 g/mol. The Hall–Kier alpha value is -2.18. The summed E-state index contributed by atoms with van der Waals surface area (Å²) in [6.45, 7) is 3.73. The van der Waals surface area contributed by atoms with Crippen LogP contribution in [0.15, 0.2) is 47.8 Å². The Kier molecular flexibility index (Phi) is 6.07. The maximum atomic E-state index is 12.9. The van der Waals surface area contributed by atoms with Crippen molar-refractivity contribution in [3.8, 4) is 0 Å². The van der Waals surface area contributed by atoms with Gasteiger partial charge in [0.2, 0.25) is 11.8 Å². The van der Waals surface area contributed by atoms with E-state index in [1.54, 1.807) is 11.3 Å². The SMILES string of the molecule is O=C1NCCN(Cc2cccs2)[C@@H]1CC(=O)N1CCC(c2ccccc2)CC1. The van der Waals surface area contributed by atoms with Crippen LogP contribution in [-0.4, -0.2) is 53.8 Å². The summed E-state index contributed by atoms with van der Waals surface area (Å²) in [7, 11) is 0. The zero-order chi connectivity index (χ0) is 19.3. The maximum absolute atomic E-state index is 12.9. The number of nitrogens with one attached hydrogen (secondary N) is 1. The van der Waals surface area contributed by atoms with Gasteiger partial charge in [-0.15, -0.1) is 11.3 Å². The number of amides is 2. The van der Waals surface area contributed by atoms with E-state index in [-0.39, 0.29) is 24.3 Å². The lowest BCUT2D eigenvalue weighted by molar-refractivity contribution is -0.139. The molecule has 2 aromatic rings. The number of hydrogen-bond acceptors (Lipinski definition) is 4. The first-order valence-corrected chi connectivity index (χ1v) is 11.0. The molecule has 2 fully saturated rings. The highest BCUT2D eigenvalue weighted by atomic mass is 32.1. The molecule has 2 aliphatic heterocycles. The van der Waals surface area contributed by atoms with Gasteiger partial charge in [-0.05, 0) is 35.8 Å². The predicted octanol–water partition coefficient (Wildman–Crippen LogP) is 2.84. The summed E-state index contributed by atoms with van der Waals surface area (Å²) in [4.78, 5) is 30.7. The average Bonchev–Trinajstić information content (AvgIpc) is 3.24. The van der Waals surface area contributed by atoms with Crippen LogP contribution in [0.3, 0.4) is 0 Å². The van der Waals surface area contributed by atoms with Crippen LogP contribution in [0.25, 0.3) is 0 Å². The molecule has 2 amide bonds. The van der Waals surface area contributed by atoms with Gasteiger partial charge in [0, 0.05) is 37.6 Å². The summed E-state index contributed by atoms with van der Waals surface area (Å²) in [5.41, 5.74) is 1.36. The number of thiophene rings is 1. The molecule has 1 N–H and O–H groups in total. The molecule has 1 aromatic carbocycles. The third-order valence-electron chi connectivity index (χ3n) is 5.87. The van der Waals surface area contributed by atoms with E-state index in [2.05, 4.69) is 45.9 Å². The third-order valence-corrected chi connectivity index (χ3v) is 6.73. The second-order valence-corrected chi connectivity index (χ2v) is 8.66. The number of piperazine rings is 1. The number of carbonyl (C=O) groups is 2. The fourth-order valence-corrected chi connectivity index (χ4v) is 4.99. The summed E-state index contributed by atoms with van der Waals surface area (Å²) >= 11 is 1.70. The molecule has 0 saturated carbocycles. The summed E-state index contributed by atoms with van der Waals surface area (Å²) < 4.78 is 0. The number of benzene rings is 1. The van der Waals surface area contributed by atoms with Crippen LogP contribution < -0.4 is 5.32 Å². The Morgan fingerprint density at radius 2 is 1.86 bits per heavy atom. The molecule has 2 aliphatic rings. The maximum Gasteiger partial charge on any atom is 0.237 e. The van der Waals surface area contributed by atoms with E-state index in [9.17, 15) is 9.59 Å². The third kappa shape index (κ3) is 4.45. The molecular formula is C22H27N3O2S. The molecule has 148 valence electrons. The molecule has 4 rings (SSSR count). The van der Waals surface area contributed by atoms with E-state index in [1.165, 1.54) is 10.4 Å². The first kappa shape index (κ1) is 19.2. The average molecular weight is 398 g/mol. The molecule has 28 heavy (non-hydrogen) atoms. The normalized spacial score (nSPS) is 21.5. The van der Waals surface area contributed by atoms with Crippen molar-refractivity contribution in [2.45, 2.75) is 37.8 Å². The summed E-state index contributed by atoms with van der Waals surface area (Å²) in [5.74, 6) is 0.610. The smallest absolute Gasteiger partial charge is 0.237 e. The molecule has 1 aromatic heterocycles. The molecule has 6 heteroatoms. The van der Waals surface area contributed by atoms with E-state index in [4.69, 9.17) is 0 Å².